The molecule has 3 rings (SSSR count). The van der Waals surface area contributed by atoms with Crippen LogP contribution in [0.4, 0.5) is 5.69 Å². The van der Waals surface area contributed by atoms with E-state index in [1.165, 1.54) is 4.90 Å². The van der Waals surface area contributed by atoms with Crippen LogP contribution < -0.4 is 9.62 Å². The van der Waals surface area contributed by atoms with Crippen LogP contribution in [0.3, 0.4) is 0 Å². The van der Waals surface area contributed by atoms with Gasteiger partial charge in [0.15, 0.2) is 0 Å². The molecule has 9 heteroatoms. The van der Waals surface area contributed by atoms with Crippen LogP contribution in [0.15, 0.2) is 72.8 Å². The number of rotatable bonds is 10. The maximum absolute atomic E-state index is 14.2. The Morgan fingerprint density at radius 1 is 0.900 bits per heavy atom. The van der Waals surface area contributed by atoms with Crippen LogP contribution in [0.5, 0.6) is 0 Å². The van der Waals surface area contributed by atoms with E-state index in [2.05, 4.69) is 5.32 Å². The van der Waals surface area contributed by atoms with E-state index in [0.29, 0.717) is 10.7 Å². The van der Waals surface area contributed by atoms with Crippen molar-refractivity contribution in [3.63, 3.8) is 0 Å². The van der Waals surface area contributed by atoms with Gasteiger partial charge in [0, 0.05) is 23.5 Å². The summed E-state index contributed by atoms with van der Waals surface area (Å²) < 4.78 is 27.1. The van der Waals surface area contributed by atoms with Crippen molar-refractivity contribution in [1.82, 2.24) is 10.2 Å². The number of sulfonamides is 1. The first-order chi connectivity index (χ1) is 18.7. The Hall–Kier alpha value is -3.36. The number of halogens is 1. The Morgan fingerprint density at radius 2 is 1.52 bits per heavy atom. The summed E-state index contributed by atoms with van der Waals surface area (Å²) in [5, 5.41) is 3.56. The summed E-state index contributed by atoms with van der Waals surface area (Å²) in [4.78, 5) is 29.4. The van der Waals surface area contributed by atoms with Crippen LogP contribution >= 0.6 is 11.6 Å². The van der Waals surface area contributed by atoms with E-state index in [1.807, 2.05) is 71.0 Å². The number of benzene rings is 3. The van der Waals surface area contributed by atoms with E-state index >= 15 is 0 Å². The molecule has 0 aromatic heterocycles. The minimum atomic E-state index is -3.83. The Kier molecular flexibility index (Phi) is 10.0. The lowest BCUT2D eigenvalue weighted by Gasteiger charge is -2.35. The van der Waals surface area contributed by atoms with Gasteiger partial charge in [0.1, 0.15) is 12.6 Å². The van der Waals surface area contributed by atoms with Crippen molar-refractivity contribution >= 4 is 39.1 Å². The number of nitrogens with zero attached hydrogens (tertiary/aromatic N) is 2. The molecule has 0 aliphatic carbocycles. The number of carbonyl (C=O) groups excluding carboxylic acids is 2. The van der Waals surface area contributed by atoms with E-state index in [1.54, 1.807) is 36.4 Å². The molecule has 1 atom stereocenters. The van der Waals surface area contributed by atoms with Crippen molar-refractivity contribution in [2.24, 2.45) is 0 Å². The fourth-order valence-corrected chi connectivity index (χ4v) is 5.42. The van der Waals surface area contributed by atoms with Gasteiger partial charge in [-0.2, -0.15) is 0 Å². The minimum absolute atomic E-state index is 0.0927. The zero-order valence-corrected chi connectivity index (χ0v) is 25.5. The van der Waals surface area contributed by atoms with Crippen molar-refractivity contribution < 1.29 is 18.0 Å². The van der Waals surface area contributed by atoms with Crippen LogP contribution in [0.2, 0.25) is 5.02 Å². The Morgan fingerprint density at radius 3 is 2.10 bits per heavy atom. The molecular formula is C31H38ClN3O4S. The zero-order chi connectivity index (χ0) is 29.7. The Balaban J connectivity index is 2.09. The first-order valence-corrected chi connectivity index (χ1v) is 15.3. The molecule has 40 heavy (non-hydrogen) atoms. The van der Waals surface area contributed by atoms with Crippen molar-refractivity contribution in [3.05, 3.63) is 100 Å². The number of hydrogen-bond donors (Lipinski definition) is 1. The molecule has 0 saturated carbocycles. The molecule has 3 aromatic carbocycles. The molecule has 0 unspecified atom stereocenters. The highest BCUT2D eigenvalue weighted by molar-refractivity contribution is 7.92. The van der Waals surface area contributed by atoms with Gasteiger partial charge in [0.05, 0.1) is 11.9 Å². The number of nitrogens with one attached hydrogen (secondary N) is 1. The van der Waals surface area contributed by atoms with Crippen LogP contribution in [0, 0.1) is 13.8 Å². The molecule has 0 aliphatic heterocycles. The second kappa shape index (κ2) is 12.9. The number of amides is 2. The fraction of sp³-hybridized carbons (Fsp3) is 0.355. The summed E-state index contributed by atoms with van der Waals surface area (Å²) in [5.41, 5.74) is 3.19. The maximum atomic E-state index is 14.2. The predicted octanol–water partition coefficient (Wildman–Crippen LogP) is 5.28. The standard InChI is InChI=1S/C31H38ClN3O4S/c1-22-11-10-14-27(23(22)2)35(40(6,38)39)21-29(36)34(20-25-15-17-26(32)18-16-25)28(30(37)33-31(3,4)5)19-24-12-8-7-9-13-24/h7-18,28H,19-21H2,1-6H3,(H,33,37)/t28-/m0/s1. The van der Waals surface area contributed by atoms with Gasteiger partial charge in [-0.1, -0.05) is 66.2 Å². The van der Waals surface area contributed by atoms with Crippen LogP contribution in [0.25, 0.3) is 0 Å². The third-order valence-corrected chi connectivity index (χ3v) is 7.94. The second-order valence-corrected chi connectivity index (χ2v) is 13.4. The molecule has 0 spiro atoms. The van der Waals surface area contributed by atoms with Gasteiger partial charge in [-0.05, 0) is 75.1 Å². The molecule has 2 amide bonds. The summed E-state index contributed by atoms with van der Waals surface area (Å²) in [6.45, 7) is 8.99. The summed E-state index contributed by atoms with van der Waals surface area (Å²) in [6.07, 6.45) is 1.34. The lowest BCUT2D eigenvalue weighted by molar-refractivity contribution is -0.140. The maximum Gasteiger partial charge on any atom is 0.244 e. The Labute approximate surface area is 243 Å². The van der Waals surface area contributed by atoms with Crippen molar-refractivity contribution in [2.45, 2.75) is 59.2 Å². The van der Waals surface area contributed by atoms with Crippen molar-refractivity contribution in [2.75, 3.05) is 17.1 Å². The highest BCUT2D eigenvalue weighted by atomic mass is 35.5. The molecule has 0 heterocycles. The fourth-order valence-electron chi connectivity index (χ4n) is 4.39. The van der Waals surface area contributed by atoms with Crippen molar-refractivity contribution in [1.29, 1.82) is 0 Å². The molecule has 0 radical (unpaired) electrons. The number of carbonyl (C=O) groups is 2. The molecule has 0 fully saturated rings. The van der Waals surface area contributed by atoms with Gasteiger partial charge in [-0.15, -0.1) is 0 Å². The minimum Gasteiger partial charge on any atom is -0.350 e. The summed E-state index contributed by atoms with van der Waals surface area (Å²) in [6, 6.07) is 20.9. The highest BCUT2D eigenvalue weighted by Crippen LogP contribution is 2.26. The molecule has 214 valence electrons. The topological polar surface area (TPSA) is 86.8 Å². The second-order valence-electron chi connectivity index (χ2n) is 11.1. The van der Waals surface area contributed by atoms with Gasteiger partial charge in [0.2, 0.25) is 21.8 Å². The smallest absolute Gasteiger partial charge is 0.244 e. The molecule has 0 bridgehead atoms. The van der Waals surface area contributed by atoms with Crippen molar-refractivity contribution in [3.8, 4) is 0 Å². The van der Waals surface area contributed by atoms with Gasteiger partial charge in [0.25, 0.3) is 0 Å². The molecule has 1 N–H and O–H groups in total. The van der Waals surface area contributed by atoms with E-state index in [4.69, 9.17) is 11.6 Å². The largest absolute Gasteiger partial charge is 0.350 e. The summed E-state index contributed by atoms with van der Waals surface area (Å²) >= 11 is 6.10. The predicted molar refractivity (Wildman–Crippen MR) is 162 cm³/mol. The molecule has 0 saturated heterocycles. The third-order valence-electron chi connectivity index (χ3n) is 6.56. The lowest BCUT2D eigenvalue weighted by Crippen LogP contribution is -2.56. The lowest BCUT2D eigenvalue weighted by atomic mass is 10.0. The molecular weight excluding hydrogens is 546 g/mol. The summed E-state index contributed by atoms with van der Waals surface area (Å²) in [5.74, 6) is -0.817. The Bertz CT molecular complexity index is 1440. The average Bonchev–Trinajstić information content (AvgIpc) is 2.86. The van der Waals surface area contributed by atoms with Crippen LogP contribution in [0.1, 0.15) is 43.0 Å². The number of hydrogen-bond acceptors (Lipinski definition) is 4. The van der Waals surface area contributed by atoms with E-state index < -0.39 is 34.1 Å². The van der Waals surface area contributed by atoms with Gasteiger partial charge < -0.3 is 10.2 Å². The molecule has 7 nitrogen and oxygen atoms in total. The quantitative estimate of drug-likeness (QED) is 0.352. The first-order valence-electron chi connectivity index (χ1n) is 13.1. The molecule has 3 aromatic rings. The monoisotopic (exact) mass is 583 g/mol. The van der Waals surface area contributed by atoms with Crippen LogP contribution in [-0.2, 0) is 32.6 Å². The summed E-state index contributed by atoms with van der Waals surface area (Å²) in [7, 11) is -3.83. The number of aryl methyl sites for hydroxylation is 1. The van der Waals surface area contributed by atoms with E-state index in [9.17, 15) is 18.0 Å². The van der Waals surface area contributed by atoms with Gasteiger partial charge in [-0.3, -0.25) is 13.9 Å². The first kappa shape index (κ1) is 31.2. The zero-order valence-electron chi connectivity index (χ0n) is 23.9. The van der Waals surface area contributed by atoms with Crippen LogP contribution in [-0.4, -0.2) is 49.5 Å². The van der Waals surface area contributed by atoms with Gasteiger partial charge in [-0.25, -0.2) is 8.42 Å². The SMILES string of the molecule is Cc1cccc(N(CC(=O)N(Cc2ccc(Cl)cc2)[C@@H](Cc2ccccc2)C(=O)NC(C)(C)C)S(C)(=O)=O)c1C. The van der Waals surface area contributed by atoms with E-state index in [-0.39, 0.29) is 18.9 Å². The van der Waals surface area contributed by atoms with Gasteiger partial charge >= 0.3 is 0 Å². The normalized spacial score (nSPS) is 12.5. The van der Waals surface area contributed by atoms with E-state index in [0.717, 1.165) is 32.8 Å². The molecule has 0 aliphatic rings. The third kappa shape index (κ3) is 8.57. The average molecular weight is 584 g/mol. The number of anilines is 1. The highest BCUT2D eigenvalue weighted by Gasteiger charge is 2.34.